The van der Waals surface area contributed by atoms with Crippen LogP contribution in [0.5, 0.6) is 0 Å². The predicted molar refractivity (Wildman–Crippen MR) is 51.8 cm³/mol. The normalized spacial score (nSPS) is 11.4. The summed E-state index contributed by atoms with van der Waals surface area (Å²) < 4.78 is 18.2. The van der Waals surface area contributed by atoms with Gasteiger partial charge in [-0.15, -0.1) is 0 Å². The van der Waals surface area contributed by atoms with Crippen LogP contribution in [-0.4, -0.2) is 13.4 Å². The Morgan fingerprint density at radius 2 is 2.07 bits per heavy atom. The molecule has 0 aliphatic carbocycles. The van der Waals surface area contributed by atoms with Gasteiger partial charge >= 0.3 is 0 Å². The number of aldehydes is 1. The van der Waals surface area contributed by atoms with Gasteiger partial charge < -0.3 is 4.74 Å². The molecule has 3 heteroatoms. The summed E-state index contributed by atoms with van der Waals surface area (Å²) in [5.41, 5.74) is 0.367. The topological polar surface area (TPSA) is 26.3 Å². The first-order valence-corrected chi connectivity index (χ1v) is 4.31. The van der Waals surface area contributed by atoms with Gasteiger partial charge in [-0.05, 0) is 37.6 Å². The van der Waals surface area contributed by atoms with Crippen LogP contribution < -0.4 is 0 Å². The molecule has 0 saturated heterocycles. The van der Waals surface area contributed by atoms with Crippen molar-refractivity contribution in [2.75, 3.05) is 7.11 Å². The lowest BCUT2D eigenvalue weighted by Gasteiger charge is -2.24. The number of carbonyl (C=O) groups excluding carboxylic acids is 1. The molecule has 0 fully saturated rings. The monoisotopic (exact) mass is 196 g/mol. The number of hydrogen-bond donors (Lipinski definition) is 0. The SMILES string of the molecule is COC(C)(C)c1cc(F)ccc1C=O. The van der Waals surface area contributed by atoms with E-state index in [0.29, 0.717) is 17.4 Å². The highest BCUT2D eigenvalue weighted by Gasteiger charge is 2.23. The van der Waals surface area contributed by atoms with Crippen molar-refractivity contribution in [3.05, 3.63) is 35.1 Å². The summed E-state index contributed by atoms with van der Waals surface area (Å²) in [5, 5.41) is 0. The van der Waals surface area contributed by atoms with Gasteiger partial charge in [0.2, 0.25) is 0 Å². The second kappa shape index (κ2) is 3.88. The standard InChI is InChI=1S/C11H13FO2/c1-11(2,14-3)10-6-9(12)5-4-8(10)7-13/h4-7H,1-3H3. The molecule has 0 spiro atoms. The lowest BCUT2D eigenvalue weighted by atomic mass is 9.93. The first-order chi connectivity index (χ1) is 6.51. The third-order valence-electron chi connectivity index (χ3n) is 2.30. The van der Waals surface area contributed by atoms with Gasteiger partial charge in [-0.2, -0.15) is 0 Å². The van der Waals surface area contributed by atoms with Crippen molar-refractivity contribution in [3.8, 4) is 0 Å². The summed E-state index contributed by atoms with van der Waals surface area (Å²) in [5.74, 6) is -0.365. The average molecular weight is 196 g/mol. The molecule has 0 unspecified atom stereocenters. The van der Waals surface area contributed by atoms with Crippen molar-refractivity contribution in [1.29, 1.82) is 0 Å². The molecule has 0 aromatic heterocycles. The van der Waals surface area contributed by atoms with Crippen molar-refractivity contribution in [2.24, 2.45) is 0 Å². The van der Waals surface area contributed by atoms with Gasteiger partial charge in [-0.1, -0.05) is 0 Å². The van der Waals surface area contributed by atoms with E-state index in [1.54, 1.807) is 13.8 Å². The lowest BCUT2D eigenvalue weighted by Crippen LogP contribution is -2.21. The highest BCUT2D eigenvalue weighted by molar-refractivity contribution is 5.77. The zero-order valence-electron chi connectivity index (χ0n) is 8.50. The fraction of sp³-hybridized carbons (Fsp3) is 0.364. The molecule has 1 aromatic rings. The zero-order chi connectivity index (χ0) is 10.8. The van der Waals surface area contributed by atoms with Gasteiger partial charge in [0.15, 0.2) is 0 Å². The van der Waals surface area contributed by atoms with Crippen molar-refractivity contribution in [3.63, 3.8) is 0 Å². The Hall–Kier alpha value is -1.22. The fourth-order valence-corrected chi connectivity index (χ4v) is 1.26. The molecule has 0 aliphatic rings. The number of ether oxygens (including phenoxy) is 1. The van der Waals surface area contributed by atoms with Crippen molar-refractivity contribution in [2.45, 2.75) is 19.4 Å². The predicted octanol–water partition coefficient (Wildman–Crippen LogP) is 2.52. The van der Waals surface area contributed by atoms with Crippen LogP contribution in [0.25, 0.3) is 0 Å². The van der Waals surface area contributed by atoms with Gasteiger partial charge in [0.05, 0.1) is 5.60 Å². The largest absolute Gasteiger partial charge is 0.374 e. The minimum absolute atomic E-state index is 0.365. The smallest absolute Gasteiger partial charge is 0.150 e. The molecule has 2 nitrogen and oxygen atoms in total. The van der Waals surface area contributed by atoms with E-state index < -0.39 is 5.60 Å². The second-order valence-corrected chi connectivity index (χ2v) is 3.56. The maximum atomic E-state index is 13.0. The molecule has 14 heavy (non-hydrogen) atoms. The molecule has 0 atom stereocenters. The van der Waals surface area contributed by atoms with Crippen molar-refractivity contribution in [1.82, 2.24) is 0 Å². The molecule has 1 aromatic carbocycles. The number of rotatable bonds is 3. The maximum Gasteiger partial charge on any atom is 0.150 e. The maximum absolute atomic E-state index is 13.0. The van der Waals surface area contributed by atoms with Crippen LogP contribution in [0.4, 0.5) is 4.39 Å². The molecular formula is C11H13FO2. The van der Waals surface area contributed by atoms with Gasteiger partial charge in [0, 0.05) is 12.7 Å². The van der Waals surface area contributed by atoms with Crippen LogP contribution >= 0.6 is 0 Å². The molecule has 0 radical (unpaired) electrons. The van der Waals surface area contributed by atoms with E-state index in [4.69, 9.17) is 4.74 Å². The summed E-state index contributed by atoms with van der Waals surface area (Å²) in [7, 11) is 1.53. The first-order valence-electron chi connectivity index (χ1n) is 4.31. The molecule has 0 heterocycles. The third kappa shape index (κ3) is 1.99. The van der Waals surface area contributed by atoms with Gasteiger partial charge in [-0.3, -0.25) is 4.79 Å². The average Bonchev–Trinajstić information content (AvgIpc) is 2.18. The van der Waals surface area contributed by atoms with Crippen LogP contribution in [0, 0.1) is 5.82 Å². The molecule has 0 saturated carbocycles. The highest BCUT2D eigenvalue weighted by Crippen LogP contribution is 2.26. The molecule has 1 rings (SSSR count). The van der Waals surface area contributed by atoms with E-state index in [0.717, 1.165) is 0 Å². The number of carbonyl (C=O) groups is 1. The first kappa shape index (κ1) is 10.9. The van der Waals surface area contributed by atoms with E-state index in [9.17, 15) is 9.18 Å². The van der Waals surface area contributed by atoms with Gasteiger partial charge in [0.25, 0.3) is 0 Å². The fourth-order valence-electron chi connectivity index (χ4n) is 1.26. The number of methoxy groups -OCH3 is 1. The van der Waals surface area contributed by atoms with Gasteiger partial charge in [0.1, 0.15) is 12.1 Å². The third-order valence-corrected chi connectivity index (χ3v) is 2.30. The van der Waals surface area contributed by atoms with Crippen molar-refractivity contribution >= 4 is 6.29 Å². The Bertz CT molecular complexity index is 345. The molecule has 0 amide bonds. The summed E-state index contributed by atoms with van der Waals surface area (Å²) in [6.45, 7) is 3.57. The van der Waals surface area contributed by atoms with E-state index >= 15 is 0 Å². The summed E-state index contributed by atoms with van der Waals surface area (Å²) in [6, 6.07) is 4.05. The minimum Gasteiger partial charge on any atom is -0.374 e. The molecule has 0 bridgehead atoms. The number of hydrogen-bond acceptors (Lipinski definition) is 2. The van der Waals surface area contributed by atoms with E-state index in [1.165, 1.54) is 25.3 Å². The zero-order valence-corrected chi connectivity index (χ0v) is 8.50. The number of benzene rings is 1. The molecular weight excluding hydrogens is 183 g/mol. The Labute approximate surface area is 82.7 Å². The second-order valence-electron chi connectivity index (χ2n) is 3.56. The molecule has 0 aliphatic heterocycles. The van der Waals surface area contributed by atoms with E-state index in [2.05, 4.69) is 0 Å². The van der Waals surface area contributed by atoms with Crippen LogP contribution in [0.15, 0.2) is 18.2 Å². The van der Waals surface area contributed by atoms with Crippen LogP contribution in [-0.2, 0) is 10.3 Å². The number of halogens is 1. The van der Waals surface area contributed by atoms with Crippen LogP contribution in [0.1, 0.15) is 29.8 Å². The van der Waals surface area contributed by atoms with Crippen LogP contribution in [0.2, 0.25) is 0 Å². The van der Waals surface area contributed by atoms with E-state index in [-0.39, 0.29) is 5.82 Å². The highest BCUT2D eigenvalue weighted by atomic mass is 19.1. The Morgan fingerprint density at radius 1 is 1.43 bits per heavy atom. The lowest BCUT2D eigenvalue weighted by molar-refractivity contribution is 0.0184. The minimum atomic E-state index is -0.654. The Balaban J connectivity index is 3.30. The van der Waals surface area contributed by atoms with Crippen molar-refractivity contribution < 1.29 is 13.9 Å². The Kier molecular flexibility index (Phi) is 3.01. The molecule has 76 valence electrons. The Morgan fingerprint density at radius 3 is 2.57 bits per heavy atom. The summed E-state index contributed by atoms with van der Waals surface area (Å²) in [6.07, 6.45) is 0.704. The molecule has 0 N–H and O–H groups in total. The summed E-state index contributed by atoms with van der Waals surface area (Å²) >= 11 is 0. The quantitative estimate of drug-likeness (QED) is 0.694. The van der Waals surface area contributed by atoms with Crippen LogP contribution in [0.3, 0.4) is 0 Å². The van der Waals surface area contributed by atoms with E-state index in [1.807, 2.05) is 0 Å². The van der Waals surface area contributed by atoms with Gasteiger partial charge in [-0.25, -0.2) is 4.39 Å². The summed E-state index contributed by atoms with van der Waals surface area (Å²) in [4.78, 5) is 10.7.